The minimum Gasteiger partial charge on any atom is -0.493 e. The van der Waals surface area contributed by atoms with Gasteiger partial charge in [0.05, 0.1) is 12.7 Å². The van der Waals surface area contributed by atoms with Crippen LogP contribution >= 0.6 is 0 Å². The third kappa shape index (κ3) is 5.57. The summed E-state index contributed by atoms with van der Waals surface area (Å²) in [7, 11) is 0. The Hall–Kier alpha value is -3.35. The van der Waals surface area contributed by atoms with Crippen LogP contribution in [0.15, 0.2) is 53.2 Å². The number of rotatable bonds is 8. The molecule has 0 fully saturated rings. The second-order valence-electron chi connectivity index (χ2n) is 7.34. The first-order valence-electron chi connectivity index (χ1n) is 9.56. The van der Waals surface area contributed by atoms with Gasteiger partial charge in [0.15, 0.2) is 5.69 Å². The van der Waals surface area contributed by atoms with E-state index in [2.05, 4.69) is 29.5 Å². The van der Waals surface area contributed by atoms with Gasteiger partial charge in [0, 0.05) is 11.1 Å². The average Bonchev–Trinajstić information content (AvgIpc) is 3.15. The first kappa shape index (κ1) is 20.4. The summed E-state index contributed by atoms with van der Waals surface area (Å²) in [4.78, 5) is 12.6. The molecular weight excluding hydrogens is 370 g/mol. The minimum absolute atomic E-state index is 0.0894. The SMILES string of the molecule is CC(C)COc1ccc(C(=O)Nc2nonc2-c2ccc(OC(C)C)cc2)cc1. The second kappa shape index (κ2) is 9.23. The fourth-order valence-electron chi connectivity index (χ4n) is 2.57. The van der Waals surface area contributed by atoms with Gasteiger partial charge in [-0.3, -0.25) is 4.79 Å². The molecule has 0 aliphatic heterocycles. The zero-order chi connectivity index (χ0) is 20.8. The van der Waals surface area contributed by atoms with Crippen molar-refractivity contribution in [3.63, 3.8) is 0 Å². The Kier molecular flexibility index (Phi) is 6.49. The van der Waals surface area contributed by atoms with E-state index in [9.17, 15) is 4.79 Å². The van der Waals surface area contributed by atoms with Gasteiger partial charge in [-0.25, -0.2) is 4.63 Å². The second-order valence-corrected chi connectivity index (χ2v) is 7.34. The lowest BCUT2D eigenvalue weighted by Gasteiger charge is -2.10. The van der Waals surface area contributed by atoms with Crippen molar-refractivity contribution >= 4 is 11.7 Å². The fraction of sp³-hybridized carbons (Fsp3) is 0.318. The van der Waals surface area contributed by atoms with Gasteiger partial charge in [0.1, 0.15) is 11.5 Å². The van der Waals surface area contributed by atoms with Gasteiger partial charge in [-0.1, -0.05) is 13.8 Å². The number of hydrogen-bond acceptors (Lipinski definition) is 6. The number of carbonyl (C=O) groups is 1. The lowest BCUT2D eigenvalue weighted by molar-refractivity contribution is 0.102. The third-order valence-electron chi connectivity index (χ3n) is 3.92. The molecule has 1 amide bonds. The van der Waals surface area contributed by atoms with Gasteiger partial charge >= 0.3 is 0 Å². The maximum absolute atomic E-state index is 12.6. The van der Waals surface area contributed by atoms with Crippen molar-refractivity contribution in [2.45, 2.75) is 33.8 Å². The van der Waals surface area contributed by atoms with Crippen LogP contribution in [0, 0.1) is 5.92 Å². The van der Waals surface area contributed by atoms with E-state index >= 15 is 0 Å². The highest BCUT2D eigenvalue weighted by atomic mass is 16.6. The third-order valence-corrected chi connectivity index (χ3v) is 3.92. The zero-order valence-electron chi connectivity index (χ0n) is 17.0. The van der Waals surface area contributed by atoms with Crippen LogP contribution in [0.3, 0.4) is 0 Å². The smallest absolute Gasteiger partial charge is 0.256 e. The standard InChI is InChI=1S/C22H25N3O4/c1-14(2)13-27-18-9-7-17(8-10-18)22(26)23-21-20(24-29-25-21)16-5-11-19(12-6-16)28-15(3)4/h5-12,14-15H,13H2,1-4H3,(H,23,25,26). The van der Waals surface area contributed by atoms with Crippen LogP contribution in [-0.4, -0.2) is 28.9 Å². The molecule has 3 aromatic rings. The predicted octanol–water partition coefficient (Wildman–Crippen LogP) is 4.81. The molecule has 2 aromatic carbocycles. The molecule has 1 N–H and O–H groups in total. The number of aromatic nitrogens is 2. The van der Waals surface area contributed by atoms with Gasteiger partial charge in [-0.2, -0.15) is 0 Å². The Morgan fingerprint density at radius 1 is 0.966 bits per heavy atom. The van der Waals surface area contributed by atoms with Crippen LogP contribution < -0.4 is 14.8 Å². The van der Waals surface area contributed by atoms with E-state index in [1.807, 2.05) is 38.1 Å². The molecule has 0 saturated carbocycles. The van der Waals surface area contributed by atoms with E-state index in [0.29, 0.717) is 23.8 Å². The molecule has 1 aromatic heterocycles. The van der Waals surface area contributed by atoms with E-state index in [4.69, 9.17) is 14.1 Å². The average molecular weight is 395 g/mol. The van der Waals surface area contributed by atoms with E-state index in [-0.39, 0.29) is 17.8 Å². The van der Waals surface area contributed by atoms with E-state index in [1.54, 1.807) is 24.3 Å². The molecular formula is C22H25N3O4. The largest absolute Gasteiger partial charge is 0.493 e. The van der Waals surface area contributed by atoms with Crippen molar-refractivity contribution in [1.82, 2.24) is 10.3 Å². The number of nitrogens with zero attached hydrogens (tertiary/aromatic N) is 2. The number of benzene rings is 2. The number of anilines is 1. The molecule has 0 aliphatic rings. The molecule has 1 heterocycles. The normalized spacial score (nSPS) is 11.0. The number of carbonyl (C=O) groups excluding carboxylic acids is 1. The number of ether oxygens (including phenoxy) is 2. The summed E-state index contributed by atoms with van der Waals surface area (Å²) in [5, 5.41) is 10.5. The van der Waals surface area contributed by atoms with Gasteiger partial charge < -0.3 is 14.8 Å². The van der Waals surface area contributed by atoms with Crippen molar-refractivity contribution in [2.75, 3.05) is 11.9 Å². The molecule has 7 nitrogen and oxygen atoms in total. The van der Waals surface area contributed by atoms with Crippen molar-refractivity contribution in [3.05, 3.63) is 54.1 Å². The Balaban J connectivity index is 1.68. The Morgan fingerprint density at radius 3 is 2.24 bits per heavy atom. The monoisotopic (exact) mass is 395 g/mol. The van der Waals surface area contributed by atoms with Gasteiger partial charge in [-0.05, 0) is 78.6 Å². The molecule has 0 unspecified atom stereocenters. The van der Waals surface area contributed by atoms with Crippen molar-refractivity contribution in [3.8, 4) is 22.8 Å². The zero-order valence-corrected chi connectivity index (χ0v) is 17.0. The molecule has 0 bridgehead atoms. The Bertz CT molecular complexity index is 931. The molecule has 3 rings (SSSR count). The molecule has 29 heavy (non-hydrogen) atoms. The predicted molar refractivity (Wildman–Crippen MR) is 110 cm³/mol. The summed E-state index contributed by atoms with van der Waals surface area (Å²) >= 11 is 0. The van der Waals surface area contributed by atoms with Crippen molar-refractivity contribution in [1.29, 1.82) is 0 Å². The van der Waals surface area contributed by atoms with Crippen LogP contribution in [0.4, 0.5) is 5.82 Å². The van der Waals surface area contributed by atoms with E-state index in [0.717, 1.165) is 17.1 Å². The van der Waals surface area contributed by atoms with Crippen LogP contribution in [0.2, 0.25) is 0 Å². The topological polar surface area (TPSA) is 86.5 Å². The van der Waals surface area contributed by atoms with Gasteiger partial charge in [-0.15, -0.1) is 0 Å². The van der Waals surface area contributed by atoms with Crippen molar-refractivity contribution in [2.24, 2.45) is 5.92 Å². The Morgan fingerprint density at radius 2 is 1.62 bits per heavy atom. The summed E-state index contributed by atoms with van der Waals surface area (Å²) < 4.78 is 16.1. The van der Waals surface area contributed by atoms with Crippen molar-refractivity contribution < 1.29 is 18.9 Å². The summed E-state index contributed by atoms with van der Waals surface area (Å²) in [5.74, 6) is 1.86. The quantitative estimate of drug-likeness (QED) is 0.589. The maximum Gasteiger partial charge on any atom is 0.256 e. The highest BCUT2D eigenvalue weighted by Gasteiger charge is 2.16. The summed E-state index contributed by atoms with van der Waals surface area (Å²) in [6.07, 6.45) is 0.0894. The highest BCUT2D eigenvalue weighted by molar-refractivity contribution is 6.05. The van der Waals surface area contributed by atoms with Crippen LogP contribution in [0.1, 0.15) is 38.1 Å². The Labute approximate surface area is 170 Å². The fourth-order valence-corrected chi connectivity index (χ4v) is 2.57. The summed E-state index contributed by atoms with van der Waals surface area (Å²) in [5.41, 5.74) is 1.69. The van der Waals surface area contributed by atoms with E-state index in [1.165, 1.54) is 0 Å². The molecule has 152 valence electrons. The molecule has 0 spiro atoms. The summed E-state index contributed by atoms with van der Waals surface area (Å²) in [6, 6.07) is 14.3. The molecule has 0 saturated heterocycles. The highest BCUT2D eigenvalue weighted by Crippen LogP contribution is 2.27. The molecule has 0 atom stereocenters. The maximum atomic E-state index is 12.6. The summed E-state index contributed by atoms with van der Waals surface area (Å²) in [6.45, 7) is 8.71. The van der Waals surface area contributed by atoms with Gasteiger partial charge in [0.25, 0.3) is 5.91 Å². The molecule has 0 radical (unpaired) electrons. The van der Waals surface area contributed by atoms with Gasteiger partial charge in [0.2, 0.25) is 5.82 Å². The lowest BCUT2D eigenvalue weighted by Crippen LogP contribution is -2.13. The van der Waals surface area contributed by atoms with Crippen LogP contribution in [0.25, 0.3) is 11.3 Å². The number of amides is 1. The lowest BCUT2D eigenvalue weighted by atomic mass is 10.1. The number of hydrogen-bond donors (Lipinski definition) is 1. The first-order valence-corrected chi connectivity index (χ1v) is 9.56. The molecule has 0 aliphatic carbocycles. The van der Waals surface area contributed by atoms with E-state index < -0.39 is 0 Å². The first-order chi connectivity index (χ1) is 13.9. The molecule has 7 heteroatoms. The van der Waals surface area contributed by atoms with Crippen LogP contribution in [0.5, 0.6) is 11.5 Å². The van der Waals surface area contributed by atoms with Crippen LogP contribution in [-0.2, 0) is 0 Å². The minimum atomic E-state index is -0.308. The number of nitrogens with one attached hydrogen (secondary N) is 1.